The van der Waals surface area contributed by atoms with Gasteiger partial charge in [-0.05, 0) is 22.9 Å². The first-order valence-corrected chi connectivity index (χ1v) is 6.20. The van der Waals surface area contributed by atoms with Crippen molar-refractivity contribution in [1.29, 1.82) is 0 Å². The zero-order valence-corrected chi connectivity index (χ0v) is 11.8. The summed E-state index contributed by atoms with van der Waals surface area (Å²) in [7, 11) is 3.82. The van der Waals surface area contributed by atoms with E-state index in [1.807, 2.05) is 38.1 Å². The standard InChI is InChI=1S/C11H16BrN5/c1-7-11(12)10(17(3)15-7)4-9(13)8-5-14-16(2)6-8/h5-6,9H,4,13H2,1-3H3. The molecule has 0 saturated heterocycles. The molecule has 6 heteroatoms. The summed E-state index contributed by atoms with van der Waals surface area (Å²) in [5, 5.41) is 8.49. The van der Waals surface area contributed by atoms with E-state index in [1.165, 1.54) is 0 Å². The molecule has 0 amide bonds. The van der Waals surface area contributed by atoms with Crippen molar-refractivity contribution in [2.45, 2.75) is 19.4 Å². The molecule has 5 nitrogen and oxygen atoms in total. The molecule has 2 aromatic heterocycles. The Kier molecular flexibility index (Phi) is 3.35. The summed E-state index contributed by atoms with van der Waals surface area (Å²) in [6.45, 7) is 1.98. The average molecular weight is 298 g/mol. The number of hydrogen-bond acceptors (Lipinski definition) is 3. The number of hydrogen-bond donors (Lipinski definition) is 1. The van der Waals surface area contributed by atoms with Gasteiger partial charge in [0.1, 0.15) is 0 Å². The molecule has 0 aromatic carbocycles. The zero-order valence-electron chi connectivity index (χ0n) is 10.2. The van der Waals surface area contributed by atoms with Gasteiger partial charge in [-0.3, -0.25) is 9.36 Å². The number of aromatic nitrogens is 4. The van der Waals surface area contributed by atoms with Crippen LogP contribution in [0.3, 0.4) is 0 Å². The Balaban J connectivity index is 2.21. The van der Waals surface area contributed by atoms with Gasteiger partial charge < -0.3 is 5.73 Å². The van der Waals surface area contributed by atoms with Gasteiger partial charge in [-0.1, -0.05) is 0 Å². The Morgan fingerprint density at radius 2 is 2.18 bits per heavy atom. The van der Waals surface area contributed by atoms with Crippen LogP contribution in [0.1, 0.15) is 23.0 Å². The Morgan fingerprint density at radius 1 is 1.47 bits per heavy atom. The highest BCUT2D eigenvalue weighted by atomic mass is 79.9. The third kappa shape index (κ3) is 2.42. The van der Waals surface area contributed by atoms with Gasteiger partial charge in [0.15, 0.2) is 0 Å². The zero-order chi connectivity index (χ0) is 12.6. The summed E-state index contributed by atoms with van der Waals surface area (Å²) < 4.78 is 4.67. The Hall–Kier alpha value is -1.14. The van der Waals surface area contributed by atoms with E-state index in [1.54, 1.807) is 4.68 Å². The molecule has 0 aliphatic carbocycles. The number of nitrogens with two attached hydrogens (primary N) is 1. The maximum atomic E-state index is 6.17. The molecule has 0 aliphatic heterocycles. The van der Waals surface area contributed by atoms with Gasteiger partial charge in [0, 0.05) is 38.3 Å². The average Bonchev–Trinajstić information content (AvgIpc) is 2.79. The van der Waals surface area contributed by atoms with Crippen molar-refractivity contribution in [3.05, 3.63) is 33.8 Å². The summed E-state index contributed by atoms with van der Waals surface area (Å²) >= 11 is 3.55. The quantitative estimate of drug-likeness (QED) is 0.933. The highest BCUT2D eigenvalue weighted by Crippen LogP contribution is 2.24. The molecule has 0 fully saturated rings. The maximum absolute atomic E-state index is 6.17. The lowest BCUT2D eigenvalue weighted by Crippen LogP contribution is -2.15. The fourth-order valence-corrected chi connectivity index (χ4v) is 2.36. The maximum Gasteiger partial charge on any atom is 0.0738 e. The van der Waals surface area contributed by atoms with Crippen molar-refractivity contribution in [3.8, 4) is 0 Å². The van der Waals surface area contributed by atoms with Crippen molar-refractivity contribution in [2.75, 3.05) is 0 Å². The molecule has 0 saturated carbocycles. The van der Waals surface area contributed by atoms with Crippen LogP contribution in [-0.4, -0.2) is 19.6 Å². The van der Waals surface area contributed by atoms with Crippen LogP contribution in [-0.2, 0) is 20.5 Å². The monoisotopic (exact) mass is 297 g/mol. The predicted molar refractivity (Wildman–Crippen MR) is 69.5 cm³/mol. The summed E-state index contributed by atoms with van der Waals surface area (Å²) in [6, 6.07) is -0.0604. The van der Waals surface area contributed by atoms with Crippen molar-refractivity contribution in [2.24, 2.45) is 19.8 Å². The number of aryl methyl sites for hydroxylation is 3. The smallest absolute Gasteiger partial charge is 0.0738 e. The van der Waals surface area contributed by atoms with Crippen LogP contribution in [0, 0.1) is 6.92 Å². The van der Waals surface area contributed by atoms with Gasteiger partial charge in [0.2, 0.25) is 0 Å². The molecule has 0 aliphatic rings. The van der Waals surface area contributed by atoms with Crippen LogP contribution < -0.4 is 5.73 Å². The van der Waals surface area contributed by atoms with E-state index < -0.39 is 0 Å². The molecule has 0 radical (unpaired) electrons. The molecule has 0 spiro atoms. The lowest BCUT2D eigenvalue weighted by molar-refractivity contribution is 0.637. The number of halogens is 1. The third-order valence-electron chi connectivity index (χ3n) is 2.83. The lowest BCUT2D eigenvalue weighted by atomic mass is 10.1. The lowest BCUT2D eigenvalue weighted by Gasteiger charge is -2.10. The van der Waals surface area contributed by atoms with Gasteiger partial charge in [-0.25, -0.2) is 0 Å². The second kappa shape index (κ2) is 4.62. The van der Waals surface area contributed by atoms with Crippen molar-refractivity contribution in [1.82, 2.24) is 19.6 Å². The molecular formula is C11H16BrN5. The summed E-state index contributed by atoms with van der Waals surface area (Å²) in [6.07, 6.45) is 4.49. The van der Waals surface area contributed by atoms with Gasteiger partial charge >= 0.3 is 0 Å². The second-order valence-electron chi connectivity index (χ2n) is 4.23. The molecule has 2 rings (SSSR count). The first kappa shape index (κ1) is 12.3. The van der Waals surface area contributed by atoms with Crippen LogP contribution in [0.5, 0.6) is 0 Å². The minimum atomic E-state index is -0.0604. The first-order chi connectivity index (χ1) is 7.99. The van der Waals surface area contributed by atoms with Crippen molar-refractivity contribution >= 4 is 15.9 Å². The van der Waals surface area contributed by atoms with Crippen LogP contribution in [0.15, 0.2) is 16.9 Å². The third-order valence-corrected chi connectivity index (χ3v) is 3.86. The van der Waals surface area contributed by atoms with Gasteiger partial charge in [-0.15, -0.1) is 0 Å². The number of rotatable bonds is 3. The molecule has 1 atom stereocenters. The Bertz CT molecular complexity index is 528. The first-order valence-electron chi connectivity index (χ1n) is 5.41. The molecule has 17 heavy (non-hydrogen) atoms. The molecular weight excluding hydrogens is 282 g/mol. The fraction of sp³-hybridized carbons (Fsp3) is 0.455. The van der Waals surface area contributed by atoms with Gasteiger partial charge in [0.25, 0.3) is 0 Å². The highest BCUT2D eigenvalue weighted by molar-refractivity contribution is 9.10. The molecule has 92 valence electrons. The summed E-state index contributed by atoms with van der Waals surface area (Å²) in [5.41, 5.74) is 9.31. The topological polar surface area (TPSA) is 61.7 Å². The molecule has 2 aromatic rings. The van der Waals surface area contributed by atoms with Crippen molar-refractivity contribution in [3.63, 3.8) is 0 Å². The molecule has 0 bridgehead atoms. The van der Waals surface area contributed by atoms with E-state index in [2.05, 4.69) is 26.1 Å². The Labute approximate surface area is 109 Å². The van der Waals surface area contributed by atoms with Crippen LogP contribution in [0.4, 0.5) is 0 Å². The molecule has 2 N–H and O–H groups in total. The fourth-order valence-electron chi connectivity index (χ4n) is 1.86. The minimum Gasteiger partial charge on any atom is -0.324 e. The summed E-state index contributed by atoms with van der Waals surface area (Å²) in [5.74, 6) is 0. The van der Waals surface area contributed by atoms with E-state index >= 15 is 0 Å². The van der Waals surface area contributed by atoms with E-state index in [9.17, 15) is 0 Å². The van der Waals surface area contributed by atoms with Crippen LogP contribution >= 0.6 is 15.9 Å². The second-order valence-corrected chi connectivity index (χ2v) is 5.02. The van der Waals surface area contributed by atoms with E-state index in [0.717, 1.165) is 27.8 Å². The minimum absolute atomic E-state index is 0.0604. The predicted octanol–water partition coefficient (Wildman–Crippen LogP) is 1.47. The highest BCUT2D eigenvalue weighted by Gasteiger charge is 2.16. The van der Waals surface area contributed by atoms with Crippen LogP contribution in [0.25, 0.3) is 0 Å². The normalized spacial score (nSPS) is 13.0. The summed E-state index contributed by atoms with van der Waals surface area (Å²) in [4.78, 5) is 0. The Morgan fingerprint density at radius 3 is 2.65 bits per heavy atom. The van der Waals surface area contributed by atoms with E-state index in [0.29, 0.717) is 0 Å². The SMILES string of the molecule is Cc1nn(C)c(CC(N)c2cnn(C)c2)c1Br. The molecule has 2 heterocycles. The largest absolute Gasteiger partial charge is 0.324 e. The molecule has 1 unspecified atom stereocenters. The van der Waals surface area contributed by atoms with E-state index in [-0.39, 0.29) is 6.04 Å². The van der Waals surface area contributed by atoms with Gasteiger partial charge in [0.05, 0.1) is 22.1 Å². The van der Waals surface area contributed by atoms with Crippen molar-refractivity contribution < 1.29 is 0 Å². The van der Waals surface area contributed by atoms with Gasteiger partial charge in [-0.2, -0.15) is 10.2 Å². The number of nitrogens with zero attached hydrogens (tertiary/aromatic N) is 4. The van der Waals surface area contributed by atoms with E-state index in [4.69, 9.17) is 5.73 Å². The van der Waals surface area contributed by atoms with Crippen LogP contribution in [0.2, 0.25) is 0 Å².